The normalized spacial score (nSPS) is 22.0. The van der Waals surface area contributed by atoms with Crippen molar-refractivity contribution in [1.82, 2.24) is 49.8 Å². The number of nitrogens with one attached hydrogen (secondary N) is 2. The van der Waals surface area contributed by atoms with E-state index in [9.17, 15) is 0 Å². The van der Waals surface area contributed by atoms with Crippen molar-refractivity contribution < 1.29 is 0 Å². The first-order valence-corrected chi connectivity index (χ1v) is 28.3. The van der Waals surface area contributed by atoms with Crippen molar-refractivity contribution >= 4 is 0 Å². The molecule has 404 valence electrons. The van der Waals surface area contributed by atoms with Crippen molar-refractivity contribution in [3.05, 3.63) is 24.8 Å². The minimum Gasteiger partial charge on any atom is -0.386 e. The Bertz CT molecular complexity index is 1180. The summed E-state index contributed by atoms with van der Waals surface area (Å²) in [7, 11) is 4.10. The highest BCUT2D eigenvalue weighted by Crippen LogP contribution is 2.19. The molecule has 0 aromatic heterocycles. The molecular weight excluding hydrogens is 841 g/mol. The fourth-order valence-corrected chi connectivity index (χ4v) is 10.1. The van der Waals surface area contributed by atoms with Crippen LogP contribution in [-0.2, 0) is 0 Å². The highest BCUT2D eigenvalue weighted by molar-refractivity contribution is 4.92. The van der Waals surface area contributed by atoms with Crippen molar-refractivity contribution in [1.29, 1.82) is 0 Å². The molecule has 6 rings (SSSR count). The summed E-state index contributed by atoms with van der Waals surface area (Å²) >= 11 is 0. The van der Waals surface area contributed by atoms with E-state index >= 15 is 0 Å². The van der Waals surface area contributed by atoms with Crippen LogP contribution < -0.4 is 22.1 Å². The molecule has 0 bridgehead atoms. The zero-order chi connectivity index (χ0) is 51.3. The van der Waals surface area contributed by atoms with E-state index in [4.69, 9.17) is 11.5 Å². The molecule has 0 amide bonds. The molecular formula is C56H120N12. The van der Waals surface area contributed by atoms with Crippen LogP contribution in [0, 0.1) is 5.92 Å². The molecule has 0 radical (unpaired) electrons. The van der Waals surface area contributed by atoms with Gasteiger partial charge in [0.15, 0.2) is 0 Å². The predicted octanol–water partition coefficient (Wildman–Crippen LogP) is 8.22. The summed E-state index contributed by atoms with van der Waals surface area (Å²) in [5.41, 5.74) is 11.2. The van der Waals surface area contributed by atoms with Gasteiger partial charge < -0.3 is 56.4 Å². The zero-order valence-corrected chi connectivity index (χ0v) is 48.3. The summed E-state index contributed by atoms with van der Waals surface area (Å²) in [4.78, 5) is 19.9. The smallest absolute Gasteiger partial charge is 0.0912 e. The Kier molecular flexibility index (Phi) is 34.4. The van der Waals surface area contributed by atoms with Gasteiger partial charge in [-0.1, -0.05) is 33.4 Å². The highest BCUT2D eigenvalue weighted by atomic mass is 15.3. The third-order valence-electron chi connectivity index (χ3n) is 15.8. The molecule has 6 aliphatic heterocycles. The van der Waals surface area contributed by atoms with Crippen LogP contribution >= 0.6 is 0 Å². The molecule has 12 heteroatoms. The first kappa shape index (κ1) is 64.4. The molecule has 0 atom stereocenters. The lowest BCUT2D eigenvalue weighted by molar-refractivity contribution is 0.112. The van der Waals surface area contributed by atoms with E-state index in [1.54, 1.807) is 0 Å². The summed E-state index contributed by atoms with van der Waals surface area (Å²) in [5, 5.41) is 6.53. The lowest BCUT2D eigenvalue weighted by atomic mass is 9.98. The van der Waals surface area contributed by atoms with Gasteiger partial charge in [-0.05, 0) is 206 Å². The average molecular weight is 962 g/mol. The largest absolute Gasteiger partial charge is 0.386 e. The molecule has 0 unspecified atom stereocenters. The summed E-state index contributed by atoms with van der Waals surface area (Å²) in [6.45, 7) is 58.1. The van der Waals surface area contributed by atoms with E-state index in [-0.39, 0.29) is 0 Å². The number of rotatable bonds is 12. The van der Waals surface area contributed by atoms with E-state index in [2.05, 4.69) is 167 Å². The summed E-state index contributed by atoms with van der Waals surface area (Å²) in [6.07, 6.45) is 14.5. The molecule has 0 aromatic rings. The Hall–Kier alpha value is -1.64. The standard InChI is InChI=1S/C11H23N3.C10H21N3.2C9H20N2.C9H19N.C8H17N/c1-9(2)14-7-5-11(6-8-14)13(4)10(3)12;1-8(2)13-6-4-10(5-7-13)12-9(3)11;1-8(2)11-6-4-9(10-3)5-7-11;1-4-10-5-7-11(8-6-10)9(2)3;1-8(2)10-6-4-9(3)5-7-10;1-8(2)9-6-4-3-5-7-9/h9,11H,3,5-8,12H2,1-2,4H3;8,10,12H,3-7,11H2,1-2H3;8-10H,4-7H2,1-3H3;9H,4-8H2,1-3H3;8-9H,4-7H2,1-3H3;8H,3-7H2,1-2H3. The van der Waals surface area contributed by atoms with Crippen molar-refractivity contribution in [2.24, 2.45) is 17.4 Å². The maximum absolute atomic E-state index is 5.68. The van der Waals surface area contributed by atoms with Crippen LogP contribution in [0.5, 0.6) is 0 Å². The van der Waals surface area contributed by atoms with Crippen LogP contribution in [0.2, 0.25) is 0 Å². The second-order valence-corrected chi connectivity index (χ2v) is 22.8. The van der Waals surface area contributed by atoms with Gasteiger partial charge in [-0.25, -0.2) is 0 Å². The van der Waals surface area contributed by atoms with Crippen molar-refractivity contribution in [2.75, 3.05) is 112 Å². The number of likely N-dealkylation sites (N-methyl/N-ethyl adjacent to an activating group) is 1. The van der Waals surface area contributed by atoms with Crippen LogP contribution in [-0.4, -0.2) is 206 Å². The lowest BCUT2D eigenvalue weighted by Gasteiger charge is -2.39. The van der Waals surface area contributed by atoms with Crippen molar-refractivity contribution in [3.8, 4) is 0 Å². The molecule has 68 heavy (non-hydrogen) atoms. The topological polar surface area (TPSA) is 102 Å². The van der Waals surface area contributed by atoms with E-state index in [1.165, 1.54) is 169 Å². The predicted molar refractivity (Wildman–Crippen MR) is 300 cm³/mol. The fraction of sp³-hybridized carbons (Fsp3) is 0.929. The number of piperazine rings is 1. The summed E-state index contributed by atoms with van der Waals surface area (Å²) < 4.78 is 0. The van der Waals surface area contributed by atoms with Gasteiger partial charge in [-0.3, -0.25) is 4.90 Å². The van der Waals surface area contributed by atoms with Gasteiger partial charge in [-0.2, -0.15) is 0 Å². The van der Waals surface area contributed by atoms with Gasteiger partial charge in [0.05, 0.1) is 11.6 Å². The Morgan fingerprint density at radius 3 is 1.12 bits per heavy atom. The first-order valence-electron chi connectivity index (χ1n) is 28.3. The third-order valence-corrected chi connectivity index (χ3v) is 15.8. The maximum atomic E-state index is 5.68. The molecule has 0 saturated carbocycles. The van der Waals surface area contributed by atoms with Gasteiger partial charge in [0, 0.05) is 114 Å². The monoisotopic (exact) mass is 961 g/mol. The van der Waals surface area contributed by atoms with Gasteiger partial charge in [-0.15, -0.1) is 0 Å². The third kappa shape index (κ3) is 27.8. The maximum Gasteiger partial charge on any atom is 0.0912 e. The second-order valence-electron chi connectivity index (χ2n) is 22.8. The number of hydrogen-bond donors (Lipinski definition) is 4. The van der Waals surface area contributed by atoms with Crippen LogP contribution in [0.3, 0.4) is 0 Å². The van der Waals surface area contributed by atoms with Crippen LogP contribution in [0.4, 0.5) is 0 Å². The quantitative estimate of drug-likeness (QED) is 0.152. The summed E-state index contributed by atoms with van der Waals surface area (Å²) in [6, 6.07) is 6.21. The molecule has 0 aromatic carbocycles. The van der Waals surface area contributed by atoms with E-state index in [0.29, 0.717) is 35.8 Å². The molecule has 6 fully saturated rings. The van der Waals surface area contributed by atoms with Gasteiger partial charge >= 0.3 is 0 Å². The molecule has 6 aliphatic rings. The Labute approximate surface area is 424 Å². The molecule has 0 aliphatic carbocycles. The minimum absolute atomic E-state index is 0.535. The van der Waals surface area contributed by atoms with E-state index in [1.807, 2.05) is 7.05 Å². The van der Waals surface area contributed by atoms with Crippen LogP contribution in [0.25, 0.3) is 0 Å². The Morgan fingerprint density at radius 1 is 0.485 bits per heavy atom. The van der Waals surface area contributed by atoms with E-state index < -0.39 is 0 Å². The van der Waals surface area contributed by atoms with Gasteiger partial charge in [0.1, 0.15) is 0 Å². The lowest BCUT2D eigenvalue weighted by Crippen LogP contribution is -2.48. The van der Waals surface area contributed by atoms with Gasteiger partial charge in [0.25, 0.3) is 0 Å². The first-order chi connectivity index (χ1) is 32.1. The Morgan fingerprint density at radius 2 is 0.809 bits per heavy atom. The van der Waals surface area contributed by atoms with Crippen molar-refractivity contribution in [3.63, 3.8) is 0 Å². The SMILES string of the molecule is C=C(N)N(C)C1CCN(C(C)C)CC1.C=C(N)NC1CCN(C(C)C)CC1.CC(C)N1CCCCC1.CC1CCN(C(C)C)CC1.CCN1CCN(C(C)C)CC1.CNC1CCN(C(C)C)CC1. The average Bonchev–Trinajstić information content (AvgIpc) is 3.32. The van der Waals surface area contributed by atoms with E-state index in [0.717, 1.165) is 36.1 Å². The van der Waals surface area contributed by atoms with Gasteiger partial charge in [0.2, 0.25) is 0 Å². The zero-order valence-electron chi connectivity index (χ0n) is 48.3. The molecule has 6 saturated heterocycles. The molecule has 6 heterocycles. The second kappa shape index (κ2) is 36.3. The number of hydrogen-bond acceptors (Lipinski definition) is 12. The molecule has 0 spiro atoms. The van der Waals surface area contributed by atoms with Crippen molar-refractivity contribution in [2.45, 2.75) is 222 Å². The fourth-order valence-electron chi connectivity index (χ4n) is 10.1. The van der Waals surface area contributed by atoms with Crippen LogP contribution in [0.1, 0.15) is 168 Å². The number of nitrogens with zero attached hydrogens (tertiary/aromatic N) is 8. The molecule has 6 N–H and O–H groups in total. The minimum atomic E-state index is 0.535. The highest BCUT2D eigenvalue weighted by Gasteiger charge is 2.24. The number of piperidine rings is 5. The number of likely N-dealkylation sites (tertiary alicyclic amines) is 5. The molecule has 12 nitrogen and oxygen atoms in total. The number of nitrogens with two attached hydrogens (primary N) is 2. The summed E-state index contributed by atoms with van der Waals surface area (Å²) in [5.74, 6) is 2.26. The Balaban J connectivity index is 0.000000410. The van der Waals surface area contributed by atoms with Crippen LogP contribution in [0.15, 0.2) is 24.8 Å².